The minimum absolute atomic E-state index is 0.336. The smallest absolute Gasteiger partial charge is 0.356 e. The Morgan fingerprint density at radius 3 is 2.70 bits per heavy atom. The van der Waals surface area contributed by atoms with Crippen LogP contribution in [0, 0.1) is 5.92 Å². The molecule has 0 radical (unpaired) electrons. The van der Waals surface area contributed by atoms with Crippen molar-refractivity contribution in [2.24, 2.45) is 5.92 Å². The Bertz CT molecular complexity index is 947. The maximum atomic E-state index is 12.1. The van der Waals surface area contributed by atoms with E-state index < -0.39 is 0 Å². The van der Waals surface area contributed by atoms with Crippen LogP contribution in [0.3, 0.4) is 0 Å². The van der Waals surface area contributed by atoms with Gasteiger partial charge in [0.05, 0.1) is 18.9 Å². The SMILES string of the molecule is CCOC(=O)c1cccc(C2=C(c3cc(Cl)ccc3OCC3CCCC3)CCC2)n1. The minimum atomic E-state index is -0.386. The molecule has 0 atom stereocenters. The van der Waals surface area contributed by atoms with Crippen LogP contribution < -0.4 is 4.74 Å². The summed E-state index contributed by atoms with van der Waals surface area (Å²) in [5.41, 5.74) is 4.60. The van der Waals surface area contributed by atoms with Crippen molar-refractivity contribution in [1.82, 2.24) is 4.98 Å². The van der Waals surface area contributed by atoms with Crippen LogP contribution in [0.5, 0.6) is 5.75 Å². The van der Waals surface area contributed by atoms with E-state index >= 15 is 0 Å². The highest BCUT2D eigenvalue weighted by atomic mass is 35.5. The van der Waals surface area contributed by atoms with Crippen molar-refractivity contribution in [1.29, 1.82) is 0 Å². The van der Waals surface area contributed by atoms with E-state index in [2.05, 4.69) is 4.98 Å². The molecule has 0 N–H and O–H groups in total. The van der Waals surface area contributed by atoms with Gasteiger partial charge in [-0.1, -0.05) is 30.5 Å². The number of rotatable bonds is 7. The minimum Gasteiger partial charge on any atom is -0.493 e. The number of pyridine rings is 1. The van der Waals surface area contributed by atoms with Gasteiger partial charge in [0.2, 0.25) is 0 Å². The predicted molar refractivity (Wildman–Crippen MR) is 120 cm³/mol. The summed E-state index contributed by atoms with van der Waals surface area (Å²) in [6.07, 6.45) is 8.02. The number of benzene rings is 1. The number of halogens is 1. The first-order chi connectivity index (χ1) is 14.7. The Balaban J connectivity index is 1.66. The van der Waals surface area contributed by atoms with Gasteiger partial charge in [0.15, 0.2) is 0 Å². The molecule has 158 valence electrons. The van der Waals surface area contributed by atoms with Crippen LogP contribution in [0.1, 0.15) is 73.6 Å². The molecule has 2 aromatic rings. The van der Waals surface area contributed by atoms with Gasteiger partial charge in [-0.25, -0.2) is 9.78 Å². The van der Waals surface area contributed by atoms with Gasteiger partial charge in [-0.2, -0.15) is 0 Å². The summed E-state index contributed by atoms with van der Waals surface area (Å²) >= 11 is 6.36. The molecule has 5 heteroatoms. The first kappa shape index (κ1) is 20.9. The number of nitrogens with zero attached hydrogens (tertiary/aromatic N) is 1. The number of carbonyl (C=O) groups is 1. The van der Waals surface area contributed by atoms with E-state index in [9.17, 15) is 4.79 Å². The van der Waals surface area contributed by atoms with Crippen LogP contribution in [0.2, 0.25) is 5.02 Å². The fraction of sp³-hybridized carbons (Fsp3) is 0.440. The van der Waals surface area contributed by atoms with Gasteiger partial charge in [0.25, 0.3) is 0 Å². The zero-order valence-electron chi connectivity index (χ0n) is 17.5. The summed E-state index contributed by atoms with van der Waals surface area (Å²) in [6, 6.07) is 11.4. The topological polar surface area (TPSA) is 48.4 Å². The molecule has 0 amide bonds. The highest BCUT2D eigenvalue weighted by Gasteiger charge is 2.23. The fourth-order valence-corrected chi connectivity index (χ4v) is 4.67. The molecule has 1 heterocycles. The van der Waals surface area contributed by atoms with Gasteiger partial charge < -0.3 is 9.47 Å². The molecule has 4 rings (SSSR count). The van der Waals surface area contributed by atoms with Crippen molar-refractivity contribution in [2.45, 2.75) is 51.9 Å². The number of esters is 1. The molecular weight excluding hydrogens is 398 g/mol. The third kappa shape index (κ3) is 4.70. The largest absolute Gasteiger partial charge is 0.493 e. The zero-order chi connectivity index (χ0) is 20.9. The standard InChI is InChI=1S/C25H28ClNO3/c1-2-29-25(28)23-12-6-11-22(27-23)20-10-5-9-19(20)21-15-18(26)13-14-24(21)30-16-17-7-3-4-8-17/h6,11-15,17H,2-5,7-10,16H2,1H3. The van der Waals surface area contributed by atoms with Crippen molar-refractivity contribution < 1.29 is 14.3 Å². The third-order valence-electron chi connectivity index (χ3n) is 5.98. The molecular formula is C25H28ClNO3. The highest BCUT2D eigenvalue weighted by Crippen LogP contribution is 2.43. The van der Waals surface area contributed by atoms with Crippen molar-refractivity contribution in [3.05, 3.63) is 58.4 Å². The zero-order valence-corrected chi connectivity index (χ0v) is 18.2. The van der Waals surface area contributed by atoms with Crippen LogP contribution in [0.15, 0.2) is 36.4 Å². The average molecular weight is 426 g/mol. The Morgan fingerprint density at radius 2 is 1.90 bits per heavy atom. The lowest BCUT2D eigenvalue weighted by molar-refractivity contribution is 0.0519. The van der Waals surface area contributed by atoms with Crippen LogP contribution in [-0.4, -0.2) is 24.2 Å². The van der Waals surface area contributed by atoms with Gasteiger partial charge >= 0.3 is 5.97 Å². The van der Waals surface area contributed by atoms with E-state index in [0.29, 0.717) is 23.2 Å². The third-order valence-corrected chi connectivity index (χ3v) is 6.21. The molecule has 1 fully saturated rings. The molecule has 0 spiro atoms. The van der Waals surface area contributed by atoms with E-state index in [4.69, 9.17) is 21.1 Å². The summed E-state index contributed by atoms with van der Waals surface area (Å²) < 4.78 is 11.4. The van der Waals surface area contributed by atoms with E-state index in [0.717, 1.165) is 48.4 Å². The maximum absolute atomic E-state index is 12.1. The van der Waals surface area contributed by atoms with E-state index in [-0.39, 0.29) is 5.97 Å². The molecule has 0 bridgehead atoms. The summed E-state index contributed by atoms with van der Waals surface area (Å²) in [6.45, 7) is 2.89. The lowest BCUT2D eigenvalue weighted by atomic mass is 9.98. The normalized spacial score (nSPS) is 16.9. The lowest BCUT2D eigenvalue weighted by Crippen LogP contribution is -2.09. The lowest BCUT2D eigenvalue weighted by Gasteiger charge is -2.17. The first-order valence-electron chi connectivity index (χ1n) is 10.9. The molecule has 1 saturated carbocycles. The molecule has 4 nitrogen and oxygen atoms in total. The van der Waals surface area contributed by atoms with Crippen molar-refractivity contribution in [3.8, 4) is 5.75 Å². The molecule has 0 aliphatic heterocycles. The van der Waals surface area contributed by atoms with Crippen LogP contribution in [0.4, 0.5) is 0 Å². The van der Waals surface area contributed by atoms with Gasteiger partial charge in [0, 0.05) is 10.6 Å². The van der Waals surface area contributed by atoms with Crippen LogP contribution in [-0.2, 0) is 4.74 Å². The number of hydrogen-bond acceptors (Lipinski definition) is 4. The summed E-state index contributed by atoms with van der Waals surface area (Å²) in [4.78, 5) is 16.7. The first-order valence-corrected chi connectivity index (χ1v) is 11.3. The quantitative estimate of drug-likeness (QED) is 0.470. The number of hydrogen-bond donors (Lipinski definition) is 0. The summed E-state index contributed by atoms with van der Waals surface area (Å²) in [5, 5.41) is 0.699. The number of ether oxygens (including phenoxy) is 2. The summed E-state index contributed by atoms with van der Waals surface area (Å²) in [7, 11) is 0. The van der Waals surface area contributed by atoms with Crippen molar-refractivity contribution in [2.75, 3.05) is 13.2 Å². The van der Waals surface area contributed by atoms with Crippen LogP contribution >= 0.6 is 11.6 Å². The molecule has 1 aromatic heterocycles. The molecule has 2 aliphatic carbocycles. The van der Waals surface area contributed by atoms with Gasteiger partial charge in [-0.05, 0) is 86.4 Å². The molecule has 30 heavy (non-hydrogen) atoms. The Morgan fingerprint density at radius 1 is 1.10 bits per heavy atom. The second-order valence-corrected chi connectivity index (χ2v) is 8.48. The van der Waals surface area contributed by atoms with E-state index in [1.165, 1.54) is 31.3 Å². The van der Waals surface area contributed by atoms with Gasteiger partial charge in [0.1, 0.15) is 11.4 Å². The summed E-state index contributed by atoms with van der Waals surface area (Å²) in [5.74, 6) is 1.15. The average Bonchev–Trinajstić information content (AvgIpc) is 3.45. The highest BCUT2D eigenvalue weighted by molar-refractivity contribution is 6.30. The van der Waals surface area contributed by atoms with Gasteiger partial charge in [-0.15, -0.1) is 0 Å². The second kappa shape index (κ2) is 9.65. The number of aromatic nitrogens is 1. The Labute approximate surface area is 183 Å². The molecule has 0 unspecified atom stereocenters. The predicted octanol–water partition coefficient (Wildman–Crippen LogP) is 6.58. The van der Waals surface area contributed by atoms with E-state index in [1.807, 2.05) is 30.3 Å². The molecule has 2 aliphatic rings. The Hall–Kier alpha value is -2.33. The van der Waals surface area contributed by atoms with Crippen LogP contribution in [0.25, 0.3) is 11.1 Å². The second-order valence-electron chi connectivity index (χ2n) is 8.04. The molecule has 0 saturated heterocycles. The number of carbonyl (C=O) groups excluding carboxylic acids is 1. The Kier molecular flexibility index (Phi) is 6.73. The fourth-order valence-electron chi connectivity index (χ4n) is 4.49. The van der Waals surface area contributed by atoms with Crippen molar-refractivity contribution in [3.63, 3.8) is 0 Å². The number of allylic oxidation sites excluding steroid dienone is 2. The monoisotopic (exact) mass is 425 g/mol. The molecule has 1 aromatic carbocycles. The van der Waals surface area contributed by atoms with E-state index in [1.54, 1.807) is 13.0 Å². The maximum Gasteiger partial charge on any atom is 0.356 e. The van der Waals surface area contributed by atoms with Crippen molar-refractivity contribution >= 4 is 28.7 Å². The van der Waals surface area contributed by atoms with Gasteiger partial charge in [-0.3, -0.25) is 0 Å².